The van der Waals surface area contributed by atoms with Crippen molar-refractivity contribution in [3.8, 4) is 11.5 Å². The van der Waals surface area contributed by atoms with Gasteiger partial charge in [-0.2, -0.15) is 0 Å². The van der Waals surface area contributed by atoms with Gasteiger partial charge in [0.1, 0.15) is 17.3 Å². The summed E-state index contributed by atoms with van der Waals surface area (Å²) in [6, 6.07) is 6.43. The zero-order valence-corrected chi connectivity index (χ0v) is 18.2. The summed E-state index contributed by atoms with van der Waals surface area (Å²) in [6.45, 7) is 0.520. The van der Waals surface area contributed by atoms with Gasteiger partial charge in [-0.3, -0.25) is 9.59 Å². The molecule has 0 bridgehead atoms. The van der Waals surface area contributed by atoms with Crippen LogP contribution in [0.15, 0.2) is 36.4 Å². The Balaban J connectivity index is 2.00. The lowest BCUT2D eigenvalue weighted by Gasteiger charge is -2.20. The van der Waals surface area contributed by atoms with Crippen LogP contribution in [0.1, 0.15) is 17.3 Å². The van der Waals surface area contributed by atoms with E-state index in [9.17, 15) is 23.9 Å². The molecule has 11 heteroatoms. The van der Waals surface area contributed by atoms with Crippen LogP contribution in [0.25, 0.3) is 0 Å². The average Bonchev–Trinajstić information content (AvgIpc) is 2.76. The number of methoxy groups -OCH3 is 2. The molecule has 0 aliphatic heterocycles. The Bertz CT molecular complexity index is 978. The van der Waals surface area contributed by atoms with Gasteiger partial charge in [0.15, 0.2) is 12.6 Å². The number of benzene rings is 2. The molecule has 2 atom stereocenters. The largest absolute Gasteiger partial charge is 0.497 e. The van der Waals surface area contributed by atoms with Crippen molar-refractivity contribution in [1.29, 1.82) is 0 Å². The number of hydrogen-bond acceptors (Lipinski definition) is 7. The fourth-order valence-electron chi connectivity index (χ4n) is 2.57. The lowest BCUT2D eigenvalue weighted by molar-refractivity contribution is -0.151. The van der Waals surface area contributed by atoms with E-state index in [-0.39, 0.29) is 5.02 Å². The van der Waals surface area contributed by atoms with Gasteiger partial charge in [0.05, 0.1) is 25.9 Å². The summed E-state index contributed by atoms with van der Waals surface area (Å²) in [7, 11) is 2.89. The highest BCUT2D eigenvalue weighted by atomic mass is 35.5. The standard InChI is InChI=1S/C21H22ClFN2O7/c1-11(26)19(25-20(28)16-6-12(22)4-5-17(16)23)21(29)32-10-18(27)24-13-7-14(30-2)9-15(8-13)31-3/h4-9,11,19,26H,10H2,1-3H3,(H,24,27)(H,25,28)/t11-,19+/m0/s1. The number of halogens is 2. The topological polar surface area (TPSA) is 123 Å². The fraction of sp³-hybridized carbons (Fsp3) is 0.286. The number of hydrogen-bond donors (Lipinski definition) is 3. The Hall–Kier alpha value is -3.37. The lowest BCUT2D eigenvalue weighted by atomic mass is 10.1. The van der Waals surface area contributed by atoms with Crippen LogP contribution in [0.5, 0.6) is 11.5 Å². The first-order chi connectivity index (χ1) is 15.1. The summed E-state index contributed by atoms with van der Waals surface area (Å²) in [5, 5.41) is 14.6. The third-order valence-electron chi connectivity index (χ3n) is 4.18. The molecule has 9 nitrogen and oxygen atoms in total. The molecule has 32 heavy (non-hydrogen) atoms. The summed E-state index contributed by atoms with van der Waals surface area (Å²) in [6.07, 6.45) is -1.39. The number of aliphatic hydroxyl groups is 1. The van der Waals surface area contributed by atoms with Gasteiger partial charge in [0, 0.05) is 28.9 Å². The molecule has 2 aromatic rings. The predicted octanol–water partition coefficient (Wildman–Crippen LogP) is 2.16. The first-order valence-corrected chi connectivity index (χ1v) is 9.66. The summed E-state index contributed by atoms with van der Waals surface area (Å²) in [5.41, 5.74) is -0.0836. The molecule has 0 fully saturated rings. The van der Waals surface area contributed by atoms with Crippen molar-refractivity contribution >= 4 is 35.1 Å². The van der Waals surface area contributed by atoms with Crippen molar-refractivity contribution in [2.45, 2.75) is 19.1 Å². The first kappa shape index (κ1) is 24.9. The first-order valence-electron chi connectivity index (χ1n) is 9.28. The van der Waals surface area contributed by atoms with Gasteiger partial charge in [0.2, 0.25) is 0 Å². The molecule has 3 N–H and O–H groups in total. The summed E-state index contributed by atoms with van der Waals surface area (Å²) in [5.74, 6) is -2.76. The zero-order valence-electron chi connectivity index (χ0n) is 17.5. The van der Waals surface area contributed by atoms with E-state index in [0.29, 0.717) is 17.2 Å². The maximum Gasteiger partial charge on any atom is 0.331 e. The zero-order chi connectivity index (χ0) is 23.8. The van der Waals surface area contributed by atoms with Crippen LogP contribution < -0.4 is 20.1 Å². The fourth-order valence-corrected chi connectivity index (χ4v) is 2.74. The van der Waals surface area contributed by atoms with Crippen molar-refractivity contribution in [1.82, 2.24) is 5.32 Å². The summed E-state index contributed by atoms with van der Waals surface area (Å²) in [4.78, 5) is 36.8. The predicted molar refractivity (Wildman–Crippen MR) is 113 cm³/mol. The Morgan fingerprint density at radius 2 is 1.72 bits per heavy atom. The van der Waals surface area contributed by atoms with Crippen LogP contribution in [0.2, 0.25) is 5.02 Å². The van der Waals surface area contributed by atoms with Gasteiger partial charge >= 0.3 is 5.97 Å². The van der Waals surface area contributed by atoms with Gasteiger partial charge < -0.3 is 30.0 Å². The minimum atomic E-state index is -1.55. The molecule has 0 aliphatic carbocycles. The monoisotopic (exact) mass is 468 g/mol. The van der Waals surface area contributed by atoms with E-state index in [1.807, 2.05) is 0 Å². The SMILES string of the molecule is COc1cc(NC(=O)COC(=O)[C@H](NC(=O)c2cc(Cl)ccc2F)[C@H](C)O)cc(OC)c1. The Morgan fingerprint density at radius 3 is 2.28 bits per heavy atom. The molecule has 0 spiro atoms. The highest BCUT2D eigenvalue weighted by Gasteiger charge is 2.29. The van der Waals surface area contributed by atoms with Crippen LogP contribution in [-0.2, 0) is 14.3 Å². The lowest BCUT2D eigenvalue weighted by Crippen LogP contribution is -2.49. The van der Waals surface area contributed by atoms with E-state index < -0.39 is 47.9 Å². The molecular formula is C21H22ClFN2O7. The highest BCUT2D eigenvalue weighted by Crippen LogP contribution is 2.25. The molecule has 2 aromatic carbocycles. The molecule has 2 amide bonds. The van der Waals surface area contributed by atoms with Crippen LogP contribution in [0.4, 0.5) is 10.1 Å². The molecule has 0 aliphatic rings. The maximum absolute atomic E-state index is 13.9. The number of carbonyl (C=O) groups is 3. The molecular weight excluding hydrogens is 447 g/mol. The molecule has 0 aromatic heterocycles. The number of carbonyl (C=O) groups excluding carboxylic acids is 3. The number of esters is 1. The second kappa shape index (κ2) is 11.3. The van der Waals surface area contributed by atoms with Gasteiger partial charge in [-0.15, -0.1) is 0 Å². The van der Waals surface area contributed by atoms with Crippen molar-refractivity contribution in [3.63, 3.8) is 0 Å². The van der Waals surface area contributed by atoms with E-state index in [4.69, 9.17) is 25.8 Å². The summed E-state index contributed by atoms with van der Waals surface area (Å²) < 4.78 is 29.0. The minimum absolute atomic E-state index is 0.110. The minimum Gasteiger partial charge on any atom is -0.497 e. The Kier molecular flexibility index (Phi) is 8.80. The number of nitrogens with one attached hydrogen (secondary N) is 2. The third-order valence-corrected chi connectivity index (χ3v) is 4.41. The van der Waals surface area contributed by atoms with E-state index >= 15 is 0 Å². The Morgan fingerprint density at radius 1 is 1.09 bits per heavy atom. The maximum atomic E-state index is 13.9. The number of anilines is 1. The Labute approximate surface area is 188 Å². The third kappa shape index (κ3) is 6.82. The molecule has 0 saturated heterocycles. The van der Waals surface area contributed by atoms with Gasteiger partial charge in [0.25, 0.3) is 11.8 Å². The average molecular weight is 469 g/mol. The smallest absolute Gasteiger partial charge is 0.331 e. The van der Waals surface area contributed by atoms with Crippen molar-refractivity contribution in [2.75, 3.05) is 26.1 Å². The summed E-state index contributed by atoms with van der Waals surface area (Å²) >= 11 is 5.76. The van der Waals surface area contributed by atoms with Crippen LogP contribution >= 0.6 is 11.6 Å². The number of ether oxygens (including phenoxy) is 3. The van der Waals surface area contributed by atoms with Gasteiger partial charge in [-0.1, -0.05) is 11.6 Å². The van der Waals surface area contributed by atoms with Crippen LogP contribution in [-0.4, -0.2) is 55.9 Å². The molecule has 0 unspecified atom stereocenters. The molecule has 0 saturated carbocycles. The molecule has 0 radical (unpaired) electrons. The van der Waals surface area contributed by atoms with E-state index in [1.165, 1.54) is 39.3 Å². The number of amides is 2. The quantitative estimate of drug-likeness (QED) is 0.482. The molecule has 172 valence electrons. The van der Waals surface area contributed by atoms with Crippen LogP contribution in [0, 0.1) is 5.82 Å². The second-order valence-electron chi connectivity index (χ2n) is 6.57. The van der Waals surface area contributed by atoms with Gasteiger partial charge in [-0.05, 0) is 25.1 Å². The molecule has 0 heterocycles. The second-order valence-corrected chi connectivity index (χ2v) is 7.01. The number of rotatable bonds is 9. The number of aliphatic hydroxyl groups excluding tert-OH is 1. The normalized spacial score (nSPS) is 12.3. The van der Waals surface area contributed by atoms with Gasteiger partial charge in [-0.25, -0.2) is 9.18 Å². The van der Waals surface area contributed by atoms with Crippen LogP contribution in [0.3, 0.4) is 0 Å². The van der Waals surface area contributed by atoms with Crippen molar-refractivity contribution in [2.24, 2.45) is 0 Å². The van der Waals surface area contributed by atoms with E-state index in [1.54, 1.807) is 6.07 Å². The van der Waals surface area contributed by atoms with Crippen molar-refractivity contribution in [3.05, 3.63) is 52.8 Å². The molecule has 2 rings (SSSR count). The van der Waals surface area contributed by atoms with Crippen molar-refractivity contribution < 1.29 is 38.1 Å². The van der Waals surface area contributed by atoms with E-state index in [0.717, 1.165) is 12.1 Å². The van der Waals surface area contributed by atoms with E-state index in [2.05, 4.69) is 10.6 Å². The highest BCUT2D eigenvalue weighted by molar-refractivity contribution is 6.31.